The lowest BCUT2D eigenvalue weighted by Gasteiger charge is -2.14. The van der Waals surface area contributed by atoms with Crippen LogP contribution in [0.25, 0.3) is 22.0 Å². The van der Waals surface area contributed by atoms with Crippen LogP contribution >= 0.6 is 0 Å². The summed E-state index contributed by atoms with van der Waals surface area (Å²) in [4.78, 5) is 19.5. The number of benzene rings is 1. The predicted molar refractivity (Wildman–Crippen MR) is 112 cm³/mol. The first-order chi connectivity index (χ1) is 14.6. The molecule has 10 heteroatoms. The highest BCUT2D eigenvalue weighted by atomic mass is 32.2. The molecule has 0 saturated carbocycles. The topological polar surface area (TPSA) is 94.0 Å². The summed E-state index contributed by atoms with van der Waals surface area (Å²) >= 11 is 0. The minimum absolute atomic E-state index is 0.0242. The molecule has 1 N–H and O–H groups in total. The van der Waals surface area contributed by atoms with Gasteiger partial charge in [-0.05, 0) is 29.8 Å². The summed E-state index contributed by atoms with van der Waals surface area (Å²) in [6.07, 6.45) is 5.58. The molecule has 7 nitrogen and oxygen atoms in total. The number of ether oxygens (including phenoxy) is 1. The second-order valence-electron chi connectivity index (χ2n) is 7.17. The number of hydrogen-bond acceptors (Lipinski definition) is 5. The van der Waals surface area contributed by atoms with Crippen molar-refractivity contribution in [3.8, 4) is 22.8 Å². The summed E-state index contributed by atoms with van der Waals surface area (Å²) in [5.41, 5.74) is 1.36. The summed E-state index contributed by atoms with van der Waals surface area (Å²) in [5.74, 6) is -2.21. The Bertz CT molecular complexity index is 1480. The molecule has 1 aromatic carbocycles. The Labute approximate surface area is 175 Å². The van der Waals surface area contributed by atoms with E-state index >= 15 is 0 Å². The number of nitrogens with one attached hydrogen (secondary N) is 1. The molecule has 160 valence electrons. The third kappa shape index (κ3) is 4.19. The van der Waals surface area contributed by atoms with Crippen molar-refractivity contribution in [2.24, 2.45) is 7.05 Å². The van der Waals surface area contributed by atoms with Gasteiger partial charge < -0.3 is 14.3 Å². The van der Waals surface area contributed by atoms with E-state index in [4.69, 9.17) is 4.74 Å². The fourth-order valence-electron chi connectivity index (χ4n) is 3.30. The monoisotopic (exact) mass is 445 g/mol. The van der Waals surface area contributed by atoms with Crippen LogP contribution < -0.4 is 10.3 Å². The Hall–Kier alpha value is -3.53. The molecule has 0 bridgehead atoms. The summed E-state index contributed by atoms with van der Waals surface area (Å²) in [5, 5.41) is 0.561. The van der Waals surface area contributed by atoms with Crippen molar-refractivity contribution in [3.05, 3.63) is 76.5 Å². The molecule has 0 aliphatic heterocycles. The number of fused-ring (bicyclic) bond motifs is 1. The maximum absolute atomic E-state index is 14.2. The SMILES string of the molecule is Cn1cc(-c2cc(CS(C)(=O)=O)cnc2Oc2ccc(F)cc2F)c2cc[nH]c2c1=O. The minimum atomic E-state index is -3.35. The quantitative estimate of drug-likeness (QED) is 0.507. The number of aromatic nitrogens is 3. The summed E-state index contributed by atoms with van der Waals surface area (Å²) in [7, 11) is -1.78. The van der Waals surface area contributed by atoms with Gasteiger partial charge in [0.1, 0.15) is 11.3 Å². The maximum atomic E-state index is 14.2. The number of aryl methyl sites for hydroxylation is 1. The normalized spacial score (nSPS) is 11.7. The molecule has 0 fully saturated rings. The van der Waals surface area contributed by atoms with E-state index in [0.29, 0.717) is 33.7 Å². The van der Waals surface area contributed by atoms with Crippen molar-refractivity contribution in [3.63, 3.8) is 0 Å². The number of halogens is 2. The molecule has 3 heterocycles. The smallest absolute Gasteiger partial charge is 0.274 e. The molecule has 0 aliphatic carbocycles. The average molecular weight is 445 g/mol. The number of aromatic amines is 1. The zero-order chi connectivity index (χ0) is 22.3. The van der Waals surface area contributed by atoms with Crippen molar-refractivity contribution < 1.29 is 21.9 Å². The van der Waals surface area contributed by atoms with Crippen LogP contribution in [0, 0.1) is 11.6 Å². The first-order valence-electron chi connectivity index (χ1n) is 9.09. The van der Waals surface area contributed by atoms with E-state index < -0.39 is 21.5 Å². The van der Waals surface area contributed by atoms with Crippen LogP contribution in [-0.2, 0) is 22.6 Å². The fraction of sp³-hybridized carbons (Fsp3) is 0.143. The molecule has 0 unspecified atom stereocenters. The van der Waals surface area contributed by atoms with Gasteiger partial charge in [0.25, 0.3) is 5.56 Å². The van der Waals surface area contributed by atoms with E-state index in [0.717, 1.165) is 18.4 Å². The van der Waals surface area contributed by atoms with Gasteiger partial charge in [-0.3, -0.25) is 4.79 Å². The first-order valence-corrected chi connectivity index (χ1v) is 11.1. The predicted octanol–water partition coefficient (Wildman–Crippen LogP) is 3.54. The molecule has 31 heavy (non-hydrogen) atoms. The van der Waals surface area contributed by atoms with E-state index in [1.807, 2.05) is 0 Å². The van der Waals surface area contributed by atoms with Crippen LogP contribution in [0.4, 0.5) is 8.78 Å². The van der Waals surface area contributed by atoms with Gasteiger partial charge in [-0.25, -0.2) is 22.2 Å². The van der Waals surface area contributed by atoms with Gasteiger partial charge in [0, 0.05) is 54.5 Å². The molecule has 0 radical (unpaired) electrons. The van der Waals surface area contributed by atoms with Gasteiger partial charge in [0.2, 0.25) is 5.88 Å². The van der Waals surface area contributed by atoms with Crippen LogP contribution in [0.3, 0.4) is 0 Å². The Kier molecular flexibility index (Phi) is 5.10. The minimum Gasteiger partial charge on any atom is -0.435 e. The third-order valence-corrected chi connectivity index (χ3v) is 5.48. The van der Waals surface area contributed by atoms with Crippen LogP contribution in [0.2, 0.25) is 0 Å². The van der Waals surface area contributed by atoms with E-state index in [-0.39, 0.29) is 22.9 Å². The van der Waals surface area contributed by atoms with Crippen molar-refractivity contribution in [2.45, 2.75) is 5.75 Å². The number of hydrogen-bond donors (Lipinski definition) is 1. The average Bonchev–Trinajstić information content (AvgIpc) is 3.17. The largest absolute Gasteiger partial charge is 0.435 e. The molecule has 0 atom stereocenters. The molecule has 0 saturated heterocycles. The van der Waals surface area contributed by atoms with E-state index in [1.54, 1.807) is 31.6 Å². The Morgan fingerprint density at radius 3 is 2.65 bits per heavy atom. The van der Waals surface area contributed by atoms with Crippen molar-refractivity contribution in [1.82, 2.24) is 14.5 Å². The zero-order valence-corrected chi connectivity index (χ0v) is 17.3. The van der Waals surface area contributed by atoms with Crippen LogP contribution in [-0.4, -0.2) is 29.2 Å². The van der Waals surface area contributed by atoms with Gasteiger partial charge in [-0.2, -0.15) is 0 Å². The van der Waals surface area contributed by atoms with Gasteiger partial charge in [0.05, 0.1) is 5.75 Å². The highest BCUT2D eigenvalue weighted by Crippen LogP contribution is 2.36. The molecule has 3 aromatic heterocycles. The number of nitrogens with zero attached hydrogens (tertiary/aromatic N) is 2. The lowest BCUT2D eigenvalue weighted by atomic mass is 10.0. The fourth-order valence-corrected chi connectivity index (χ4v) is 4.06. The van der Waals surface area contributed by atoms with Crippen LogP contribution in [0.1, 0.15) is 5.56 Å². The lowest BCUT2D eigenvalue weighted by Crippen LogP contribution is -2.16. The molecule has 0 spiro atoms. The molecular weight excluding hydrogens is 428 g/mol. The zero-order valence-electron chi connectivity index (χ0n) is 16.5. The lowest BCUT2D eigenvalue weighted by molar-refractivity contribution is 0.425. The number of H-pyrrole nitrogens is 1. The van der Waals surface area contributed by atoms with E-state index in [2.05, 4.69) is 9.97 Å². The Morgan fingerprint density at radius 2 is 1.94 bits per heavy atom. The number of pyridine rings is 2. The molecular formula is C21H17F2N3O4S. The standard InChI is InChI=1S/C21H17F2N3O4S/c1-26-10-16(14-5-6-24-19(14)21(26)27)15-7-12(11-31(2,28)29)9-25-20(15)30-18-4-3-13(22)8-17(18)23/h3-10,24H,11H2,1-2H3. The molecule has 0 aliphatic rings. The van der Waals surface area contributed by atoms with Crippen molar-refractivity contribution in [2.75, 3.05) is 6.26 Å². The highest BCUT2D eigenvalue weighted by Gasteiger charge is 2.19. The molecule has 4 rings (SSSR count). The summed E-state index contributed by atoms with van der Waals surface area (Å²) < 4.78 is 58.0. The van der Waals surface area contributed by atoms with E-state index in [1.165, 1.54) is 10.8 Å². The van der Waals surface area contributed by atoms with Gasteiger partial charge in [0.15, 0.2) is 21.4 Å². The van der Waals surface area contributed by atoms with Crippen molar-refractivity contribution >= 4 is 20.7 Å². The van der Waals surface area contributed by atoms with Gasteiger partial charge in [-0.1, -0.05) is 0 Å². The number of rotatable bonds is 5. The first kappa shape index (κ1) is 20.7. The van der Waals surface area contributed by atoms with E-state index in [9.17, 15) is 22.0 Å². The second-order valence-corrected chi connectivity index (χ2v) is 9.31. The summed E-state index contributed by atoms with van der Waals surface area (Å²) in [6.45, 7) is 0. The van der Waals surface area contributed by atoms with Gasteiger partial charge >= 0.3 is 0 Å². The van der Waals surface area contributed by atoms with Gasteiger partial charge in [-0.15, -0.1) is 0 Å². The third-order valence-electron chi connectivity index (χ3n) is 4.62. The number of sulfone groups is 1. The second kappa shape index (κ2) is 7.62. The molecule has 0 amide bonds. The highest BCUT2D eigenvalue weighted by molar-refractivity contribution is 7.89. The maximum Gasteiger partial charge on any atom is 0.274 e. The Balaban J connectivity index is 1.94. The Morgan fingerprint density at radius 1 is 1.16 bits per heavy atom. The van der Waals surface area contributed by atoms with Crippen LogP contribution in [0.15, 0.2) is 53.7 Å². The van der Waals surface area contributed by atoms with Crippen molar-refractivity contribution in [1.29, 1.82) is 0 Å². The van der Waals surface area contributed by atoms with Crippen LogP contribution in [0.5, 0.6) is 11.6 Å². The summed E-state index contributed by atoms with van der Waals surface area (Å²) in [6, 6.07) is 6.12. The molecule has 4 aromatic rings.